The highest BCUT2D eigenvalue weighted by Gasteiger charge is 2.12. The minimum absolute atomic E-state index is 0.812. The van der Waals surface area contributed by atoms with Crippen LogP contribution in [0.25, 0.3) is 0 Å². The molecule has 1 N–H and O–H groups in total. The molecule has 10 heavy (non-hydrogen) atoms. The average molecular weight is 135 g/mol. The SMILES string of the molecule is C1=CC2=C(CC1)[N]CNC2. The van der Waals surface area contributed by atoms with Gasteiger partial charge in [0.1, 0.15) is 0 Å². The third-order valence-electron chi connectivity index (χ3n) is 1.93. The highest BCUT2D eigenvalue weighted by molar-refractivity contribution is 5.30. The van der Waals surface area contributed by atoms with Crippen molar-refractivity contribution in [1.29, 1.82) is 0 Å². The Morgan fingerprint density at radius 3 is 3.40 bits per heavy atom. The first-order valence-electron chi connectivity index (χ1n) is 3.73. The zero-order chi connectivity index (χ0) is 6.81. The lowest BCUT2D eigenvalue weighted by Crippen LogP contribution is -2.32. The Balaban J connectivity index is 2.23. The second-order valence-electron chi connectivity index (χ2n) is 2.66. The first kappa shape index (κ1) is 5.98. The number of nitrogens with one attached hydrogen (secondary N) is 1. The average Bonchev–Trinajstić information content (AvgIpc) is 2.05. The molecule has 0 fully saturated rings. The monoisotopic (exact) mass is 135 g/mol. The Kier molecular flexibility index (Phi) is 1.47. The summed E-state index contributed by atoms with van der Waals surface area (Å²) in [5.41, 5.74) is 2.71. The van der Waals surface area contributed by atoms with Crippen molar-refractivity contribution in [2.45, 2.75) is 12.8 Å². The van der Waals surface area contributed by atoms with Gasteiger partial charge in [0.05, 0.1) is 6.67 Å². The fourth-order valence-corrected chi connectivity index (χ4v) is 1.39. The predicted octanol–water partition coefficient (Wildman–Crippen LogP) is 0.756. The van der Waals surface area contributed by atoms with Gasteiger partial charge in [-0.2, -0.15) is 0 Å². The molecule has 0 aromatic rings. The van der Waals surface area contributed by atoms with Crippen LogP contribution < -0.4 is 10.6 Å². The van der Waals surface area contributed by atoms with Crippen molar-refractivity contribution in [2.24, 2.45) is 0 Å². The first-order chi connectivity index (χ1) is 4.97. The summed E-state index contributed by atoms with van der Waals surface area (Å²) >= 11 is 0. The van der Waals surface area contributed by atoms with E-state index in [0.29, 0.717) is 0 Å². The van der Waals surface area contributed by atoms with E-state index in [1.54, 1.807) is 0 Å². The number of nitrogens with zero attached hydrogens (tertiary/aromatic N) is 1. The molecule has 1 aliphatic carbocycles. The molecule has 0 saturated heterocycles. The normalized spacial score (nSPS) is 24.0. The van der Waals surface area contributed by atoms with E-state index >= 15 is 0 Å². The largest absolute Gasteiger partial charge is 0.294 e. The molecular formula is C8H11N2. The van der Waals surface area contributed by atoms with Gasteiger partial charge < -0.3 is 0 Å². The second-order valence-corrected chi connectivity index (χ2v) is 2.66. The molecule has 1 aliphatic heterocycles. The van der Waals surface area contributed by atoms with Crippen LogP contribution in [0.2, 0.25) is 0 Å². The molecule has 0 aromatic heterocycles. The summed E-state index contributed by atoms with van der Waals surface area (Å²) < 4.78 is 0. The van der Waals surface area contributed by atoms with E-state index in [1.807, 2.05) is 0 Å². The van der Waals surface area contributed by atoms with E-state index in [4.69, 9.17) is 0 Å². The Hall–Kier alpha value is -0.760. The van der Waals surface area contributed by atoms with E-state index in [9.17, 15) is 0 Å². The Morgan fingerprint density at radius 2 is 2.50 bits per heavy atom. The van der Waals surface area contributed by atoms with Crippen LogP contribution in [0.5, 0.6) is 0 Å². The molecule has 1 heterocycles. The Bertz CT molecular complexity index is 191. The predicted molar refractivity (Wildman–Crippen MR) is 40.4 cm³/mol. The van der Waals surface area contributed by atoms with Gasteiger partial charge in [0.2, 0.25) is 0 Å². The third kappa shape index (κ3) is 0.948. The van der Waals surface area contributed by atoms with Crippen molar-refractivity contribution in [3.63, 3.8) is 0 Å². The van der Waals surface area contributed by atoms with Crippen LogP contribution >= 0.6 is 0 Å². The molecule has 2 rings (SSSR count). The van der Waals surface area contributed by atoms with E-state index in [2.05, 4.69) is 22.8 Å². The van der Waals surface area contributed by atoms with Gasteiger partial charge in [0, 0.05) is 12.2 Å². The van der Waals surface area contributed by atoms with Gasteiger partial charge in [-0.1, -0.05) is 12.2 Å². The lowest BCUT2D eigenvalue weighted by Gasteiger charge is -2.21. The molecule has 0 bridgehead atoms. The summed E-state index contributed by atoms with van der Waals surface area (Å²) in [4.78, 5) is 0. The molecular weight excluding hydrogens is 124 g/mol. The Labute approximate surface area is 61.0 Å². The van der Waals surface area contributed by atoms with E-state index < -0.39 is 0 Å². The summed E-state index contributed by atoms with van der Waals surface area (Å²) in [6.07, 6.45) is 6.73. The maximum atomic E-state index is 4.37. The molecule has 2 nitrogen and oxygen atoms in total. The topological polar surface area (TPSA) is 26.1 Å². The molecule has 0 spiro atoms. The summed E-state index contributed by atoms with van der Waals surface area (Å²) in [5, 5.41) is 7.58. The fraction of sp³-hybridized carbons (Fsp3) is 0.500. The highest BCUT2D eigenvalue weighted by Crippen LogP contribution is 2.18. The molecule has 0 aromatic carbocycles. The number of allylic oxidation sites excluding steroid dienone is 2. The van der Waals surface area contributed by atoms with E-state index in [0.717, 1.165) is 19.6 Å². The van der Waals surface area contributed by atoms with Crippen LogP contribution in [0.15, 0.2) is 23.4 Å². The molecule has 0 saturated carbocycles. The molecule has 0 unspecified atom stereocenters. The van der Waals surface area contributed by atoms with Gasteiger partial charge in [-0.25, -0.2) is 0 Å². The zero-order valence-corrected chi connectivity index (χ0v) is 5.93. The van der Waals surface area contributed by atoms with Crippen molar-refractivity contribution in [2.75, 3.05) is 13.2 Å². The molecule has 53 valence electrons. The summed E-state index contributed by atoms with van der Waals surface area (Å²) in [6.45, 7) is 1.82. The summed E-state index contributed by atoms with van der Waals surface area (Å²) in [7, 11) is 0. The fourth-order valence-electron chi connectivity index (χ4n) is 1.39. The van der Waals surface area contributed by atoms with Crippen molar-refractivity contribution >= 4 is 0 Å². The summed E-state index contributed by atoms with van der Waals surface area (Å²) in [6, 6.07) is 0. The molecule has 2 aliphatic rings. The number of rotatable bonds is 0. The molecule has 2 heteroatoms. The van der Waals surface area contributed by atoms with Crippen molar-refractivity contribution < 1.29 is 0 Å². The van der Waals surface area contributed by atoms with Crippen LogP contribution in [0, 0.1) is 0 Å². The number of hydrogen-bond acceptors (Lipinski definition) is 1. The van der Waals surface area contributed by atoms with Crippen molar-refractivity contribution in [3.05, 3.63) is 23.4 Å². The molecule has 0 atom stereocenters. The Morgan fingerprint density at radius 1 is 1.50 bits per heavy atom. The van der Waals surface area contributed by atoms with Crippen LogP contribution in [0.3, 0.4) is 0 Å². The lowest BCUT2D eigenvalue weighted by molar-refractivity contribution is 0.587. The molecule has 0 amide bonds. The van der Waals surface area contributed by atoms with Crippen LogP contribution in [0.1, 0.15) is 12.8 Å². The minimum atomic E-state index is 0.812. The van der Waals surface area contributed by atoms with Crippen molar-refractivity contribution in [1.82, 2.24) is 10.6 Å². The van der Waals surface area contributed by atoms with Gasteiger partial charge in [-0.05, 0) is 18.4 Å². The van der Waals surface area contributed by atoms with Crippen molar-refractivity contribution in [3.8, 4) is 0 Å². The second kappa shape index (κ2) is 2.46. The van der Waals surface area contributed by atoms with Gasteiger partial charge >= 0.3 is 0 Å². The standard InChI is InChI=1S/C8H11N2/c1-2-4-8-7(3-1)5-9-6-10-8/h1,3,9H,2,4-6H2. The van der Waals surface area contributed by atoms with E-state index in [1.165, 1.54) is 17.7 Å². The zero-order valence-electron chi connectivity index (χ0n) is 5.93. The van der Waals surface area contributed by atoms with Gasteiger partial charge in [-0.3, -0.25) is 10.6 Å². The maximum Gasteiger partial charge on any atom is 0.0890 e. The highest BCUT2D eigenvalue weighted by atomic mass is 15.1. The minimum Gasteiger partial charge on any atom is -0.294 e. The van der Waals surface area contributed by atoms with Gasteiger partial charge in [0.15, 0.2) is 0 Å². The first-order valence-corrected chi connectivity index (χ1v) is 3.73. The third-order valence-corrected chi connectivity index (χ3v) is 1.93. The van der Waals surface area contributed by atoms with Gasteiger partial charge in [0.25, 0.3) is 0 Å². The van der Waals surface area contributed by atoms with Crippen LogP contribution in [-0.4, -0.2) is 13.2 Å². The van der Waals surface area contributed by atoms with Crippen LogP contribution in [-0.2, 0) is 0 Å². The van der Waals surface area contributed by atoms with Gasteiger partial charge in [-0.15, -0.1) is 0 Å². The maximum absolute atomic E-state index is 4.37. The quantitative estimate of drug-likeness (QED) is 0.521. The summed E-state index contributed by atoms with van der Waals surface area (Å²) in [5.74, 6) is 0. The lowest BCUT2D eigenvalue weighted by atomic mass is 10.0. The molecule has 1 radical (unpaired) electrons. The van der Waals surface area contributed by atoms with E-state index in [-0.39, 0.29) is 0 Å². The number of hydrogen-bond donors (Lipinski definition) is 1. The van der Waals surface area contributed by atoms with Crippen LogP contribution in [0.4, 0.5) is 0 Å². The smallest absolute Gasteiger partial charge is 0.0890 e.